The molecule has 1 unspecified atom stereocenters. The zero-order chi connectivity index (χ0) is 11.7. The molecule has 0 heterocycles. The number of primary amides is 1. The van der Waals surface area contributed by atoms with E-state index in [4.69, 9.17) is 5.73 Å². The summed E-state index contributed by atoms with van der Waals surface area (Å²) in [5.41, 5.74) is 5.32. The zero-order valence-electron chi connectivity index (χ0n) is 10.3. The molecule has 15 heavy (non-hydrogen) atoms. The molecule has 1 amide bonds. The van der Waals surface area contributed by atoms with Crippen LogP contribution in [-0.2, 0) is 4.79 Å². The Labute approximate surface area is 93.2 Å². The number of carbonyl (C=O) groups excluding carboxylic acids is 1. The molecule has 0 fully saturated rings. The summed E-state index contributed by atoms with van der Waals surface area (Å²) >= 11 is 0. The number of nitrogens with two attached hydrogens (primary N) is 1. The molecule has 0 aliphatic carbocycles. The molecule has 90 valence electrons. The maximum atomic E-state index is 11.1. The lowest BCUT2D eigenvalue weighted by molar-refractivity contribution is -0.120. The van der Waals surface area contributed by atoms with E-state index in [-0.39, 0.29) is 11.9 Å². The SMILES string of the molecule is CCCCCC(NCCN(C)C)C(N)=O. The average molecular weight is 215 g/mol. The Bertz CT molecular complexity index is 171. The van der Waals surface area contributed by atoms with Crippen molar-refractivity contribution in [1.29, 1.82) is 0 Å². The van der Waals surface area contributed by atoms with Crippen molar-refractivity contribution in [2.75, 3.05) is 27.2 Å². The first-order chi connectivity index (χ1) is 7.07. The lowest BCUT2D eigenvalue weighted by Crippen LogP contribution is -2.43. The molecule has 0 aromatic heterocycles. The monoisotopic (exact) mass is 215 g/mol. The minimum absolute atomic E-state index is 0.156. The maximum absolute atomic E-state index is 11.1. The van der Waals surface area contributed by atoms with Crippen LogP contribution in [0, 0.1) is 0 Å². The van der Waals surface area contributed by atoms with Gasteiger partial charge in [0.1, 0.15) is 0 Å². The van der Waals surface area contributed by atoms with E-state index in [2.05, 4.69) is 17.1 Å². The summed E-state index contributed by atoms with van der Waals surface area (Å²) in [5, 5.41) is 3.19. The lowest BCUT2D eigenvalue weighted by Gasteiger charge is -2.17. The van der Waals surface area contributed by atoms with Crippen LogP contribution in [0.25, 0.3) is 0 Å². The van der Waals surface area contributed by atoms with Gasteiger partial charge in [0.25, 0.3) is 0 Å². The summed E-state index contributed by atoms with van der Waals surface area (Å²) in [7, 11) is 4.02. The summed E-state index contributed by atoms with van der Waals surface area (Å²) in [4.78, 5) is 13.2. The summed E-state index contributed by atoms with van der Waals surface area (Å²) in [6.45, 7) is 3.89. The molecule has 0 aliphatic rings. The minimum Gasteiger partial charge on any atom is -0.368 e. The highest BCUT2D eigenvalue weighted by molar-refractivity contribution is 5.79. The molecule has 0 aromatic carbocycles. The van der Waals surface area contributed by atoms with Gasteiger partial charge in [0.05, 0.1) is 6.04 Å². The number of carbonyl (C=O) groups is 1. The highest BCUT2D eigenvalue weighted by atomic mass is 16.1. The number of nitrogens with one attached hydrogen (secondary N) is 1. The van der Waals surface area contributed by atoms with E-state index >= 15 is 0 Å². The Kier molecular flexibility index (Phi) is 8.33. The van der Waals surface area contributed by atoms with E-state index < -0.39 is 0 Å². The van der Waals surface area contributed by atoms with Crippen LogP contribution in [0.2, 0.25) is 0 Å². The van der Waals surface area contributed by atoms with Crippen molar-refractivity contribution in [2.24, 2.45) is 5.73 Å². The fourth-order valence-corrected chi connectivity index (χ4v) is 1.41. The van der Waals surface area contributed by atoms with Crippen molar-refractivity contribution in [2.45, 2.75) is 38.6 Å². The number of hydrogen-bond donors (Lipinski definition) is 2. The minimum atomic E-state index is -0.232. The second-order valence-corrected chi connectivity index (χ2v) is 4.21. The second kappa shape index (κ2) is 8.68. The van der Waals surface area contributed by atoms with Crippen molar-refractivity contribution in [3.63, 3.8) is 0 Å². The Morgan fingerprint density at radius 2 is 2.07 bits per heavy atom. The van der Waals surface area contributed by atoms with Gasteiger partial charge in [0.2, 0.25) is 5.91 Å². The molecule has 1 atom stereocenters. The van der Waals surface area contributed by atoms with E-state index in [0.29, 0.717) is 0 Å². The third kappa shape index (κ3) is 8.39. The molecule has 0 spiro atoms. The number of nitrogens with zero attached hydrogens (tertiary/aromatic N) is 1. The molecule has 4 heteroatoms. The summed E-state index contributed by atoms with van der Waals surface area (Å²) in [5.74, 6) is -0.232. The Balaban J connectivity index is 3.69. The molecule has 0 radical (unpaired) electrons. The van der Waals surface area contributed by atoms with E-state index in [0.717, 1.165) is 25.9 Å². The van der Waals surface area contributed by atoms with Crippen molar-refractivity contribution >= 4 is 5.91 Å². The summed E-state index contributed by atoms with van der Waals surface area (Å²) in [6, 6.07) is -0.156. The van der Waals surface area contributed by atoms with Gasteiger partial charge in [-0.3, -0.25) is 4.79 Å². The van der Waals surface area contributed by atoms with Crippen LogP contribution in [0.5, 0.6) is 0 Å². The van der Waals surface area contributed by atoms with E-state index in [9.17, 15) is 4.79 Å². The molecule has 0 aromatic rings. The standard InChI is InChI=1S/C11H25N3O/c1-4-5-6-7-10(11(12)15)13-8-9-14(2)3/h10,13H,4-9H2,1-3H3,(H2,12,15). The van der Waals surface area contributed by atoms with Gasteiger partial charge >= 0.3 is 0 Å². The highest BCUT2D eigenvalue weighted by Gasteiger charge is 2.13. The van der Waals surface area contributed by atoms with Gasteiger partial charge in [-0.1, -0.05) is 26.2 Å². The van der Waals surface area contributed by atoms with Gasteiger partial charge in [-0.2, -0.15) is 0 Å². The van der Waals surface area contributed by atoms with Crippen molar-refractivity contribution in [3.8, 4) is 0 Å². The molecule has 0 rings (SSSR count). The topological polar surface area (TPSA) is 58.4 Å². The van der Waals surface area contributed by atoms with Gasteiger partial charge in [0.15, 0.2) is 0 Å². The smallest absolute Gasteiger partial charge is 0.234 e. The molecular formula is C11H25N3O. The van der Waals surface area contributed by atoms with Crippen LogP contribution in [0.1, 0.15) is 32.6 Å². The Morgan fingerprint density at radius 3 is 2.53 bits per heavy atom. The largest absolute Gasteiger partial charge is 0.368 e. The molecule has 0 aliphatic heterocycles. The van der Waals surface area contributed by atoms with Crippen LogP contribution in [0.4, 0.5) is 0 Å². The van der Waals surface area contributed by atoms with Crippen molar-refractivity contribution < 1.29 is 4.79 Å². The fourth-order valence-electron chi connectivity index (χ4n) is 1.41. The third-order valence-electron chi connectivity index (χ3n) is 2.39. The van der Waals surface area contributed by atoms with Gasteiger partial charge in [0, 0.05) is 13.1 Å². The second-order valence-electron chi connectivity index (χ2n) is 4.21. The van der Waals surface area contributed by atoms with Gasteiger partial charge in [-0.05, 0) is 20.5 Å². The van der Waals surface area contributed by atoms with E-state index in [1.165, 1.54) is 12.8 Å². The first-order valence-corrected chi connectivity index (χ1v) is 5.75. The number of rotatable bonds is 9. The molecule has 3 N–H and O–H groups in total. The molecule has 0 saturated heterocycles. The fraction of sp³-hybridized carbons (Fsp3) is 0.909. The number of unbranched alkanes of at least 4 members (excludes halogenated alkanes) is 2. The summed E-state index contributed by atoms with van der Waals surface area (Å²) in [6.07, 6.45) is 4.26. The van der Waals surface area contributed by atoms with E-state index in [1.54, 1.807) is 0 Å². The molecule has 0 saturated carbocycles. The molecular weight excluding hydrogens is 190 g/mol. The Morgan fingerprint density at radius 1 is 1.40 bits per heavy atom. The maximum Gasteiger partial charge on any atom is 0.234 e. The van der Waals surface area contributed by atoms with Gasteiger partial charge in [-0.25, -0.2) is 0 Å². The third-order valence-corrected chi connectivity index (χ3v) is 2.39. The average Bonchev–Trinajstić information content (AvgIpc) is 2.15. The van der Waals surface area contributed by atoms with Crippen LogP contribution < -0.4 is 11.1 Å². The quantitative estimate of drug-likeness (QED) is 0.553. The van der Waals surface area contributed by atoms with Crippen LogP contribution >= 0.6 is 0 Å². The van der Waals surface area contributed by atoms with Crippen molar-refractivity contribution in [3.05, 3.63) is 0 Å². The van der Waals surface area contributed by atoms with Crippen LogP contribution in [0.3, 0.4) is 0 Å². The first-order valence-electron chi connectivity index (χ1n) is 5.75. The number of amides is 1. The highest BCUT2D eigenvalue weighted by Crippen LogP contribution is 2.02. The predicted octanol–water partition coefficient (Wildman–Crippen LogP) is 0.572. The molecule has 0 bridgehead atoms. The van der Waals surface area contributed by atoms with E-state index in [1.807, 2.05) is 14.1 Å². The number of hydrogen-bond acceptors (Lipinski definition) is 3. The normalized spacial score (nSPS) is 13.1. The first kappa shape index (κ1) is 14.4. The number of likely N-dealkylation sites (N-methyl/N-ethyl adjacent to an activating group) is 1. The van der Waals surface area contributed by atoms with Crippen LogP contribution in [-0.4, -0.2) is 44.0 Å². The Hall–Kier alpha value is -0.610. The lowest BCUT2D eigenvalue weighted by atomic mass is 10.1. The molecule has 4 nitrogen and oxygen atoms in total. The van der Waals surface area contributed by atoms with Crippen molar-refractivity contribution in [1.82, 2.24) is 10.2 Å². The van der Waals surface area contributed by atoms with Crippen LogP contribution in [0.15, 0.2) is 0 Å². The predicted molar refractivity (Wildman–Crippen MR) is 63.7 cm³/mol. The zero-order valence-corrected chi connectivity index (χ0v) is 10.3. The van der Waals surface area contributed by atoms with Gasteiger partial charge in [-0.15, -0.1) is 0 Å². The van der Waals surface area contributed by atoms with Gasteiger partial charge < -0.3 is 16.0 Å². The summed E-state index contributed by atoms with van der Waals surface area (Å²) < 4.78 is 0.